The number of halogens is 1. The van der Waals surface area contributed by atoms with E-state index in [1.54, 1.807) is 0 Å². The fourth-order valence-electron chi connectivity index (χ4n) is 2.81. The van der Waals surface area contributed by atoms with Crippen LogP contribution in [0.3, 0.4) is 0 Å². The number of sulfone groups is 1. The first-order valence-corrected chi connectivity index (χ1v) is 8.92. The molecule has 6 heteroatoms. The number of carboxylic acid groups (broad SMARTS) is 1. The molecule has 1 aliphatic rings. The van der Waals surface area contributed by atoms with Gasteiger partial charge in [0.05, 0.1) is 20.7 Å². The van der Waals surface area contributed by atoms with E-state index in [0.29, 0.717) is 24.7 Å². The van der Waals surface area contributed by atoms with E-state index in [0.717, 1.165) is 6.42 Å². The summed E-state index contributed by atoms with van der Waals surface area (Å²) in [5.41, 5.74) is -0.0600. The van der Waals surface area contributed by atoms with Crippen LogP contribution in [0.1, 0.15) is 43.5 Å². The lowest BCUT2D eigenvalue weighted by atomic mass is 9.81. The second-order valence-electron chi connectivity index (χ2n) is 5.88. The monoisotopic (exact) mass is 330 g/mol. The van der Waals surface area contributed by atoms with Gasteiger partial charge >= 0.3 is 5.97 Å². The second-order valence-corrected chi connectivity index (χ2v) is 8.49. The van der Waals surface area contributed by atoms with Crippen molar-refractivity contribution in [2.75, 3.05) is 0 Å². The molecule has 1 aliphatic carbocycles. The van der Waals surface area contributed by atoms with Crippen LogP contribution in [0.2, 0.25) is 5.02 Å². The summed E-state index contributed by atoms with van der Waals surface area (Å²) in [6.45, 7) is 4.19. The van der Waals surface area contributed by atoms with Gasteiger partial charge in [-0.3, -0.25) is 0 Å². The average Bonchev–Trinajstić information content (AvgIpc) is 2.41. The molecule has 0 amide bonds. The molecule has 3 atom stereocenters. The highest BCUT2D eigenvalue weighted by atomic mass is 35.5. The molecule has 4 nitrogen and oxygen atoms in total. The molecule has 21 heavy (non-hydrogen) atoms. The van der Waals surface area contributed by atoms with Crippen molar-refractivity contribution in [1.29, 1.82) is 0 Å². The summed E-state index contributed by atoms with van der Waals surface area (Å²) < 4.78 is 25.5. The maximum absolute atomic E-state index is 12.8. The number of carbonyl (C=O) groups is 1. The van der Waals surface area contributed by atoms with Gasteiger partial charge in [-0.1, -0.05) is 25.4 Å². The Morgan fingerprint density at radius 2 is 1.90 bits per heavy atom. The minimum atomic E-state index is -3.60. The first kappa shape index (κ1) is 16.3. The van der Waals surface area contributed by atoms with Gasteiger partial charge in [-0.25, -0.2) is 13.2 Å². The van der Waals surface area contributed by atoms with Gasteiger partial charge in [0, 0.05) is 0 Å². The summed E-state index contributed by atoms with van der Waals surface area (Å²) in [6.07, 6.45) is 2.06. The molecule has 2 rings (SSSR count). The third kappa shape index (κ3) is 3.24. The van der Waals surface area contributed by atoms with Crippen molar-refractivity contribution >= 4 is 27.4 Å². The largest absolute Gasteiger partial charge is 0.478 e. The molecule has 0 saturated heterocycles. The van der Waals surface area contributed by atoms with Crippen molar-refractivity contribution in [2.45, 2.75) is 43.3 Å². The lowest BCUT2D eigenvalue weighted by Gasteiger charge is -2.31. The van der Waals surface area contributed by atoms with Gasteiger partial charge in [-0.15, -0.1) is 0 Å². The van der Waals surface area contributed by atoms with E-state index in [9.17, 15) is 13.2 Å². The summed E-state index contributed by atoms with van der Waals surface area (Å²) in [7, 11) is -3.60. The molecule has 0 radical (unpaired) electrons. The van der Waals surface area contributed by atoms with Crippen molar-refractivity contribution in [3.8, 4) is 0 Å². The van der Waals surface area contributed by atoms with Crippen molar-refractivity contribution in [3.63, 3.8) is 0 Å². The summed E-state index contributed by atoms with van der Waals surface area (Å²) in [5, 5.41) is 8.62. The summed E-state index contributed by atoms with van der Waals surface area (Å²) in [6, 6.07) is 3.82. The number of hydrogen-bond acceptors (Lipinski definition) is 3. The third-order valence-electron chi connectivity index (χ3n) is 4.47. The SMILES string of the molecule is CC1CCC(S(=O)(=O)c2cc(C(=O)O)ccc2Cl)CC1C. The van der Waals surface area contributed by atoms with Crippen molar-refractivity contribution in [3.05, 3.63) is 28.8 Å². The fraction of sp³-hybridized carbons (Fsp3) is 0.533. The van der Waals surface area contributed by atoms with Crippen LogP contribution in [-0.2, 0) is 9.84 Å². The topological polar surface area (TPSA) is 71.4 Å². The molecule has 0 heterocycles. The second kappa shape index (κ2) is 5.97. The molecule has 1 saturated carbocycles. The van der Waals surface area contributed by atoms with E-state index in [1.807, 2.05) is 0 Å². The standard InChI is InChI=1S/C15H19ClO4S/c1-9-3-5-12(7-10(9)2)21(19,20)14-8-11(15(17)18)4-6-13(14)16/h4,6,8-10,12H,3,5,7H2,1-2H3,(H,17,18). The highest BCUT2D eigenvalue weighted by molar-refractivity contribution is 7.92. The molecule has 0 aliphatic heterocycles. The number of hydrogen-bond donors (Lipinski definition) is 1. The lowest BCUT2D eigenvalue weighted by molar-refractivity contribution is 0.0696. The number of rotatable bonds is 3. The zero-order valence-electron chi connectivity index (χ0n) is 12.0. The van der Waals surface area contributed by atoms with Crippen LogP contribution in [0, 0.1) is 11.8 Å². The van der Waals surface area contributed by atoms with Crippen LogP contribution >= 0.6 is 11.6 Å². The summed E-state index contributed by atoms with van der Waals surface area (Å²) in [4.78, 5) is 11.0. The third-order valence-corrected chi connectivity index (χ3v) is 7.17. The van der Waals surface area contributed by atoms with Gasteiger partial charge in [0.1, 0.15) is 0 Å². The Morgan fingerprint density at radius 3 is 2.48 bits per heavy atom. The highest BCUT2D eigenvalue weighted by Gasteiger charge is 2.35. The molecule has 1 aromatic carbocycles. The van der Waals surface area contributed by atoms with Gasteiger partial charge in [0.15, 0.2) is 9.84 Å². The number of aromatic carboxylic acids is 1. The Labute approximate surface area is 130 Å². The van der Waals surface area contributed by atoms with Crippen LogP contribution in [0.5, 0.6) is 0 Å². The molecule has 0 bridgehead atoms. The van der Waals surface area contributed by atoms with Crippen molar-refractivity contribution in [2.24, 2.45) is 11.8 Å². The number of benzene rings is 1. The molecule has 1 fully saturated rings. The fourth-order valence-corrected chi connectivity index (χ4v) is 5.25. The Kier molecular flexibility index (Phi) is 4.63. The molecule has 0 aromatic heterocycles. The lowest BCUT2D eigenvalue weighted by Crippen LogP contribution is -2.31. The average molecular weight is 331 g/mol. The molecular formula is C15H19ClO4S. The van der Waals surface area contributed by atoms with Crippen LogP contribution in [0.25, 0.3) is 0 Å². The van der Waals surface area contributed by atoms with E-state index in [4.69, 9.17) is 16.7 Å². The van der Waals surface area contributed by atoms with Crippen LogP contribution in [0.15, 0.2) is 23.1 Å². The molecule has 116 valence electrons. The first-order chi connectivity index (χ1) is 9.73. The van der Waals surface area contributed by atoms with E-state index >= 15 is 0 Å². The molecular weight excluding hydrogens is 312 g/mol. The van der Waals surface area contributed by atoms with Crippen LogP contribution in [-0.4, -0.2) is 24.7 Å². The van der Waals surface area contributed by atoms with Gasteiger partial charge in [0.25, 0.3) is 0 Å². The molecule has 3 unspecified atom stereocenters. The Hall–Kier alpha value is -1.07. The maximum atomic E-state index is 12.8. The minimum absolute atomic E-state index is 0.0594. The molecule has 1 N–H and O–H groups in total. The Morgan fingerprint density at radius 1 is 1.24 bits per heavy atom. The normalized spacial score (nSPS) is 26.5. The minimum Gasteiger partial charge on any atom is -0.478 e. The van der Waals surface area contributed by atoms with Gasteiger partial charge < -0.3 is 5.11 Å². The van der Waals surface area contributed by atoms with E-state index in [-0.39, 0.29) is 15.5 Å². The van der Waals surface area contributed by atoms with E-state index < -0.39 is 21.1 Å². The van der Waals surface area contributed by atoms with E-state index in [2.05, 4.69) is 13.8 Å². The van der Waals surface area contributed by atoms with Gasteiger partial charge in [0.2, 0.25) is 0 Å². The number of carboxylic acids is 1. The predicted molar refractivity (Wildman–Crippen MR) is 81.6 cm³/mol. The first-order valence-electron chi connectivity index (χ1n) is 7.00. The maximum Gasteiger partial charge on any atom is 0.335 e. The van der Waals surface area contributed by atoms with Crippen LogP contribution < -0.4 is 0 Å². The highest BCUT2D eigenvalue weighted by Crippen LogP contribution is 2.37. The molecule has 0 spiro atoms. The van der Waals surface area contributed by atoms with Gasteiger partial charge in [-0.2, -0.15) is 0 Å². The van der Waals surface area contributed by atoms with Crippen molar-refractivity contribution in [1.82, 2.24) is 0 Å². The molecule has 1 aromatic rings. The Bertz CT molecular complexity index is 654. The zero-order chi connectivity index (χ0) is 15.8. The quantitative estimate of drug-likeness (QED) is 0.918. The van der Waals surface area contributed by atoms with Gasteiger partial charge in [-0.05, 0) is 49.3 Å². The predicted octanol–water partition coefficient (Wildman–Crippen LogP) is 3.64. The smallest absolute Gasteiger partial charge is 0.335 e. The summed E-state index contributed by atoms with van der Waals surface area (Å²) >= 11 is 6.00. The Balaban J connectivity index is 2.40. The summed E-state index contributed by atoms with van der Waals surface area (Å²) in [5.74, 6) is -0.314. The van der Waals surface area contributed by atoms with Crippen LogP contribution in [0.4, 0.5) is 0 Å². The van der Waals surface area contributed by atoms with Crippen molar-refractivity contribution < 1.29 is 18.3 Å². The zero-order valence-corrected chi connectivity index (χ0v) is 13.6. The van der Waals surface area contributed by atoms with E-state index in [1.165, 1.54) is 18.2 Å².